The van der Waals surface area contributed by atoms with Crippen molar-refractivity contribution in [2.24, 2.45) is 5.92 Å². The van der Waals surface area contributed by atoms with Crippen molar-refractivity contribution in [3.8, 4) is 0 Å². The minimum absolute atomic E-state index is 0.286. The van der Waals surface area contributed by atoms with Gasteiger partial charge in [0.05, 0.1) is 0 Å². The lowest BCUT2D eigenvalue weighted by molar-refractivity contribution is -0.123. The molecule has 1 aliphatic rings. The second-order valence-corrected chi connectivity index (χ2v) is 3.58. The first-order valence-electron chi connectivity index (χ1n) is 4.33. The summed E-state index contributed by atoms with van der Waals surface area (Å²) in [4.78, 5) is 13.4. The molecule has 0 radical (unpaired) electrons. The molecule has 0 aromatic rings. The van der Waals surface area contributed by atoms with Gasteiger partial charge in [-0.2, -0.15) is 0 Å². The van der Waals surface area contributed by atoms with Gasteiger partial charge in [0.1, 0.15) is 5.78 Å². The normalized spacial score (nSPS) is 33.7. The van der Waals surface area contributed by atoms with E-state index in [1.54, 1.807) is 6.92 Å². The Morgan fingerprint density at radius 2 is 2.18 bits per heavy atom. The van der Waals surface area contributed by atoms with Gasteiger partial charge in [0.15, 0.2) is 0 Å². The van der Waals surface area contributed by atoms with Crippen molar-refractivity contribution in [2.45, 2.75) is 32.7 Å². The largest absolute Gasteiger partial charge is 0.303 e. The molecular weight excluding hydrogens is 138 g/mol. The zero-order valence-corrected chi connectivity index (χ0v) is 7.63. The van der Waals surface area contributed by atoms with Crippen LogP contribution in [0, 0.1) is 5.92 Å². The van der Waals surface area contributed by atoms with Gasteiger partial charge in [-0.3, -0.25) is 4.79 Å². The first-order chi connectivity index (χ1) is 5.13. The molecule has 0 aromatic carbocycles. The summed E-state index contributed by atoms with van der Waals surface area (Å²) in [5, 5.41) is 0. The molecule has 1 saturated heterocycles. The Kier molecular flexibility index (Phi) is 2.66. The second-order valence-electron chi connectivity index (χ2n) is 3.58. The fourth-order valence-electron chi connectivity index (χ4n) is 1.86. The van der Waals surface area contributed by atoms with Gasteiger partial charge in [-0.1, -0.05) is 0 Å². The molecule has 2 atom stereocenters. The Morgan fingerprint density at radius 3 is 2.64 bits per heavy atom. The molecule has 11 heavy (non-hydrogen) atoms. The summed E-state index contributed by atoms with van der Waals surface area (Å²) < 4.78 is 0. The zero-order valence-electron chi connectivity index (χ0n) is 7.63. The van der Waals surface area contributed by atoms with Gasteiger partial charge >= 0.3 is 0 Å². The SMILES string of the molecule is CC(=O)C1CCCN(C)C1C. The van der Waals surface area contributed by atoms with Crippen LogP contribution in [0.4, 0.5) is 0 Å². The average molecular weight is 155 g/mol. The number of carbonyl (C=O) groups excluding carboxylic acids is 1. The lowest BCUT2D eigenvalue weighted by Crippen LogP contribution is -2.43. The third-order valence-electron chi connectivity index (χ3n) is 2.83. The van der Waals surface area contributed by atoms with Crippen molar-refractivity contribution < 1.29 is 4.79 Å². The van der Waals surface area contributed by atoms with E-state index < -0.39 is 0 Å². The smallest absolute Gasteiger partial charge is 0.134 e. The molecule has 1 rings (SSSR count). The van der Waals surface area contributed by atoms with Gasteiger partial charge in [0.25, 0.3) is 0 Å². The van der Waals surface area contributed by atoms with Crippen molar-refractivity contribution in [2.75, 3.05) is 13.6 Å². The summed E-state index contributed by atoms with van der Waals surface area (Å²) in [5.41, 5.74) is 0. The molecule has 64 valence electrons. The molecule has 1 fully saturated rings. The molecule has 2 unspecified atom stereocenters. The maximum atomic E-state index is 11.1. The highest BCUT2D eigenvalue weighted by Crippen LogP contribution is 2.22. The Hall–Kier alpha value is -0.370. The van der Waals surface area contributed by atoms with E-state index in [-0.39, 0.29) is 5.92 Å². The number of hydrogen-bond acceptors (Lipinski definition) is 2. The van der Waals surface area contributed by atoms with E-state index in [0.29, 0.717) is 11.8 Å². The van der Waals surface area contributed by atoms with Crippen LogP contribution in [-0.4, -0.2) is 30.3 Å². The molecular formula is C9H17NO. The zero-order chi connectivity index (χ0) is 8.43. The van der Waals surface area contributed by atoms with Crippen LogP contribution in [0.5, 0.6) is 0 Å². The average Bonchev–Trinajstić information content (AvgIpc) is 1.94. The number of carbonyl (C=O) groups is 1. The van der Waals surface area contributed by atoms with Crippen LogP contribution >= 0.6 is 0 Å². The lowest BCUT2D eigenvalue weighted by atomic mass is 9.88. The van der Waals surface area contributed by atoms with Crippen molar-refractivity contribution in [1.29, 1.82) is 0 Å². The molecule has 0 saturated carbocycles. The number of ketones is 1. The molecule has 0 bridgehead atoms. The summed E-state index contributed by atoms with van der Waals surface area (Å²) in [7, 11) is 2.10. The molecule has 2 nitrogen and oxygen atoms in total. The standard InChI is InChI=1S/C9H17NO/c1-7-9(8(2)11)5-4-6-10(7)3/h7,9H,4-6H2,1-3H3. The Labute approximate surface area is 68.6 Å². The van der Waals surface area contributed by atoms with E-state index in [4.69, 9.17) is 0 Å². The van der Waals surface area contributed by atoms with E-state index in [1.807, 2.05) is 0 Å². The van der Waals surface area contributed by atoms with Gasteiger partial charge in [-0.15, -0.1) is 0 Å². The summed E-state index contributed by atoms with van der Waals surface area (Å²) in [5.74, 6) is 0.637. The van der Waals surface area contributed by atoms with Crippen LogP contribution in [-0.2, 0) is 4.79 Å². The minimum Gasteiger partial charge on any atom is -0.303 e. The maximum Gasteiger partial charge on any atom is 0.134 e. The Balaban J connectivity index is 2.58. The van der Waals surface area contributed by atoms with Gasteiger partial charge in [0.2, 0.25) is 0 Å². The predicted molar refractivity (Wildman–Crippen MR) is 45.5 cm³/mol. The highest BCUT2D eigenvalue weighted by atomic mass is 16.1. The van der Waals surface area contributed by atoms with Crippen molar-refractivity contribution in [1.82, 2.24) is 4.90 Å². The van der Waals surface area contributed by atoms with Crippen LogP contribution in [0.25, 0.3) is 0 Å². The van der Waals surface area contributed by atoms with E-state index >= 15 is 0 Å². The fraction of sp³-hybridized carbons (Fsp3) is 0.889. The Bertz CT molecular complexity index is 156. The van der Waals surface area contributed by atoms with Crippen LogP contribution in [0.15, 0.2) is 0 Å². The van der Waals surface area contributed by atoms with Crippen LogP contribution in [0.2, 0.25) is 0 Å². The summed E-state index contributed by atoms with van der Waals surface area (Å²) >= 11 is 0. The Morgan fingerprint density at radius 1 is 1.55 bits per heavy atom. The molecule has 0 N–H and O–H groups in total. The van der Waals surface area contributed by atoms with Crippen molar-refractivity contribution in [3.05, 3.63) is 0 Å². The number of likely N-dealkylation sites (tertiary alicyclic amines) is 1. The highest BCUT2D eigenvalue weighted by Gasteiger charge is 2.28. The summed E-state index contributed by atoms with van der Waals surface area (Å²) in [6.45, 7) is 5.00. The van der Waals surface area contributed by atoms with E-state index in [9.17, 15) is 4.79 Å². The van der Waals surface area contributed by atoms with Crippen molar-refractivity contribution in [3.63, 3.8) is 0 Å². The van der Waals surface area contributed by atoms with E-state index in [2.05, 4.69) is 18.9 Å². The maximum absolute atomic E-state index is 11.1. The molecule has 2 heteroatoms. The number of nitrogens with zero attached hydrogens (tertiary/aromatic N) is 1. The number of rotatable bonds is 1. The monoisotopic (exact) mass is 155 g/mol. The fourth-order valence-corrected chi connectivity index (χ4v) is 1.86. The summed E-state index contributed by atoms with van der Waals surface area (Å²) in [6.07, 6.45) is 2.26. The molecule has 1 heterocycles. The van der Waals surface area contributed by atoms with Crippen LogP contribution < -0.4 is 0 Å². The predicted octanol–water partition coefficient (Wildman–Crippen LogP) is 1.31. The molecule has 0 spiro atoms. The number of Topliss-reactive ketones (excluding diaryl/α,β-unsaturated/α-hetero) is 1. The quantitative estimate of drug-likeness (QED) is 0.569. The number of piperidine rings is 1. The summed E-state index contributed by atoms with van der Waals surface area (Å²) in [6, 6.07) is 0.446. The first kappa shape index (κ1) is 8.72. The first-order valence-corrected chi connectivity index (χ1v) is 4.33. The minimum atomic E-state index is 0.286. The van der Waals surface area contributed by atoms with Crippen LogP contribution in [0.1, 0.15) is 26.7 Å². The van der Waals surface area contributed by atoms with Crippen LogP contribution in [0.3, 0.4) is 0 Å². The molecule has 0 amide bonds. The third-order valence-corrected chi connectivity index (χ3v) is 2.83. The highest BCUT2D eigenvalue weighted by molar-refractivity contribution is 5.79. The van der Waals surface area contributed by atoms with Gasteiger partial charge < -0.3 is 4.90 Å². The lowest BCUT2D eigenvalue weighted by Gasteiger charge is -2.35. The second kappa shape index (κ2) is 3.35. The molecule has 0 aliphatic carbocycles. The topological polar surface area (TPSA) is 20.3 Å². The third kappa shape index (κ3) is 1.80. The molecule has 0 aromatic heterocycles. The van der Waals surface area contributed by atoms with Crippen molar-refractivity contribution >= 4 is 5.78 Å². The van der Waals surface area contributed by atoms with E-state index in [1.165, 1.54) is 6.42 Å². The van der Waals surface area contributed by atoms with Gasteiger partial charge in [-0.25, -0.2) is 0 Å². The van der Waals surface area contributed by atoms with E-state index in [0.717, 1.165) is 13.0 Å². The molecule has 1 aliphatic heterocycles. The number of hydrogen-bond donors (Lipinski definition) is 0. The van der Waals surface area contributed by atoms with Gasteiger partial charge in [0, 0.05) is 12.0 Å². The van der Waals surface area contributed by atoms with Gasteiger partial charge in [-0.05, 0) is 40.3 Å².